The Morgan fingerprint density at radius 2 is 2.09 bits per heavy atom. The van der Waals surface area contributed by atoms with Crippen LogP contribution in [0, 0.1) is 10.1 Å². The van der Waals surface area contributed by atoms with Gasteiger partial charge in [-0.15, -0.1) is 0 Å². The van der Waals surface area contributed by atoms with Crippen molar-refractivity contribution in [2.75, 3.05) is 12.4 Å². The van der Waals surface area contributed by atoms with Crippen LogP contribution in [0.4, 0.5) is 11.4 Å². The number of hydrogen-bond donors (Lipinski definition) is 1. The summed E-state index contributed by atoms with van der Waals surface area (Å²) in [5, 5.41) is 13.3. The minimum atomic E-state index is -0.555. The third-order valence-corrected chi connectivity index (χ3v) is 3.26. The second kappa shape index (κ2) is 7.42. The van der Waals surface area contributed by atoms with Crippen molar-refractivity contribution in [1.82, 2.24) is 0 Å². The predicted molar refractivity (Wildman–Crippen MR) is 88.8 cm³/mol. The van der Waals surface area contributed by atoms with Gasteiger partial charge in [0.1, 0.15) is 5.75 Å². The fraction of sp³-hybridized carbons (Fsp3) is 0.0625. The maximum atomic E-state index is 11.9. The molecule has 1 N–H and O–H groups in total. The Hall–Kier alpha value is -2.86. The molecular weight excluding hydrogens is 320 g/mol. The molecule has 0 spiro atoms. The van der Waals surface area contributed by atoms with Gasteiger partial charge < -0.3 is 10.1 Å². The Bertz CT molecular complexity index is 774. The Morgan fingerprint density at radius 1 is 1.30 bits per heavy atom. The molecule has 0 unspecified atom stereocenters. The molecule has 0 atom stereocenters. The highest BCUT2D eigenvalue weighted by molar-refractivity contribution is 6.34. The Labute approximate surface area is 137 Å². The standard InChI is InChI=1S/C16H13ClN2O4/c1-23-13-4-2-3-11(9-13)5-8-16(20)18-15-7-6-12(19(21)22)10-14(15)17/h2-10H,1H3,(H,18,20)/b8-5+. The maximum absolute atomic E-state index is 11.9. The van der Waals surface area contributed by atoms with Gasteiger partial charge in [0.2, 0.25) is 5.91 Å². The van der Waals surface area contributed by atoms with Gasteiger partial charge >= 0.3 is 0 Å². The molecule has 1 amide bonds. The summed E-state index contributed by atoms with van der Waals surface area (Å²) in [6.45, 7) is 0. The van der Waals surface area contributed by atoms with Crippen molar-refractivity contribution in [2.24, 2.45) is 0 Å². The lowest BCUT2D eigenvalue weighted by Gasteiger charge is -2.04. The molecule has 2 rings (SSSR count). The summed E-state index contributed by atoms with van der Waals surface area (Å²) in [6.07, 6.45) is 2.96. The normalized spacial score (nSPS) is 10.5. The number of anilines is 1. The smallest absolute Gasteiger partial charge is 0.271 e. The number of benzene rings is 2. The summed E-state index contributed by atoms with van der Waals surface area (Å²) in [4.78, 5) is 22.0. The number of rotatable bonds is 5. The van der Waals surface area contributed by atoms with Gasteiger partial charge in [-0.05, 0) is 29.8 Å². The number of nitrogens with zero attached hydrogens (tertiary/aromatic N) is 1. The van der Waals surface area contributed by atoms with Crippen LogP contribution in [-0.2, 0) is 4.79 Å². The number of hydrogen-bond acceptors (Lipinski definition) is 4. The first kappa shape index (κ1) is 16.5. The Balaban J connectivity index is 2.07. The van der Waals surface area contributed by atoms with Crippen LogP contribution < -0.4 is 10.1 Å². The first-order valence-electron chi connectivity index (χ1n) is 6.56. The van der Waals surface area contributed by atoms with Crippen LogP contribution in [0.3, 0.4) is 0 Å². The topological polar surface area (TPSA) is 81.5 Å². The van der Waals surface area contributed by atoms with E-state index in [1.54, 1.807) is 25.3 Å². The van der Waals surface area contributed by atoms with E-state index in [0.717, 1.165) is 5.56 Å². The minimum Gasteiger partial charge on any atom is -0.497 e. The molecule has 7 heteroatoms. The lowest BCUT2D eigenvalue weighted by molar-refractivity contribution is -0.384. The van der Waals surface area contributed by atoms with Crippen molar-refractivity contribution in [3.05, 3.63) is 69.2 Å². The Kier molecular flexibility index (Phi) is 5.32. The molecule has 0 aromatic heterocycles. The van der Waals surface area contributed by atoms with Gasteiger partial charge in [0.05, 0.1) is 22.7 Å². The number of carbonyl (C=O) groups is 1. The van der Waals surface area contributed by atoms with Gasteiger partial charge in [-0.2, -0.15) is 0 Å². The number of nitrogens with one attached hydrogen (secondary N) is 1. The number of methoxy groups -OCH3 is 1. The number of halogens is 1. The molecule has 0 aliphatic rings. The van der Waals surface area contributed by atoms with Gasteiger partial charge in [-0.1, -0.05) is 23.7 Å². The van der Waals surface area contributed by atoms with Crippen molar-refractivity contribution in [3.8, 4) is 5.75 Å². The van der Waals surface area contributed by atoms with Gasteiger partial charge in [0, 0.05) is 18.2 Å². The van der Waals surface area contributed by atoms with Crippen LogP contribution in [0.25, 0.3) is 6.08 Å². The van der Waals surface area contributed by atoms with Crippen molar-refractivity contribution in [1.29, 1.82) is 0 Å². The highest BCUT2D eigenvalue weighted by Crippen LogP contribution is 2.26. The fourth-order valence-electron chi connectivity index (χ4n) is 1.81. The second-order valence-corrected chi connectivity index (χ2v) is 4.93. The van der Waals surface area contributed by atoms with Gasteiger partial charge in [-0.25, -0.2) is 0 Å². The third kappa shape index (κ3) is 4.55. The summed E-state index contributed by atoms with van der Waals surface area (Å²) in [6, 6.07) is 11.1. The highest BCUT2D eigenvalue weighted by atomic mass is 35.5. The molecule has 0 saturated heterocycles. The lowest BCUT2D eigenvalue weighted by Crippen LogP contribution is -2.08. The average molecular weight is 333 g/mol. The van der Waals surface area contributed by atoms with Crippen LogP contribution in [0.1, 0.15) is 5.56 Å². The van der Waals surface area contributed by atoms with Crippen LogP contribution >= 0.6 is 11.6 Å². The van der Waals surface area contributed by atoms with Crippen molar-refractivity contribution < 1.29 is 14.5 Å². The molecular formula is C16H13ClN2O4. The van der Waals surface area contributed by atoms with Crippen molar-refractivity contribution in [3.63, 3.8) is 0 Å². The van der Waals surface area contributed by atoms with Crippen LogP contribution in [0.2, 0.25) is 5.02 Å². The predicted octanol–water partition coefficient (Wildman–Crippen LogP) is 3.91. The van der Waals surface area contributed by atoms with E-state index in [-0.39, 0.29) is 10.7 Å². The van der Waals surface area contributed by atoms with Crippen LogP contribution in [0.15, 0.2) is 48.5 Å². The summed E-state index contributed by atoms with van der Waals surface area (Å²) in [5.74, 6) is 0.287. The number of carbonyl (C=O) groups excluding carboxylic acids is 1. The number of amides is 1. The molecule has 2 aromatic carbocycles. The number of ether oxygens (including phenoxy) is 1. The van der Waals surface area contributed by atoms with E-state index in [1.807, 2.05) is 12.1 Å². The fourth-order valence-corrected chi connectivity index (χ4v) is 2.03. The molecule has 0 radical (unpaired) electrons. The first-order chi connectivity index (χ1) is 11.0. The van der Waals surface area contributed by atoms with E-state index in [9.17, 15) is 14.9 Å². The maximum Gasteiger partial charge on any atom is 0.271 e. The largest absolute Gasteiger partial charge is 0.497 e. The van der Waals surface area contributed by atoms with Crippen molar-refractivity contribution in [2.45, 2.75) is 0 Å². The number of non-ortho nitro benzene ring substituents is 1. The molecule has 23 heavy (non-hydrogen) atoms. The van der Waals surface area contributed by atoms with E-state index < -0.39 is 10.8 Å². The zero-order valence-corrected chi connectivity index (χ0v) is 12.9. The molecule has 0 bridgehead atoms. The highest BCUT2D eigenvalue weighted by Gasteiger charge is 2.10. The SMILES string of the molecule is COc1cccc(/C=C/C(=O)Nc2ccc([N+](=O)[O-])cc2Cl)c1. The minimum absolute atomic E-state index is 0.0994. The molecule has 0 aliphatic carbocycles. The Morgan fingerprint density at radius 3 is 2.74 bits per heavy atom. The monoisotopic (exact) mass is 332 g/mol. The zero-order chi connectivity index (χ0) is 16.8. The van der Waals surface area contributed by atoms with Crippen LogP contribution in [0.5, 0.6) is 5.75 Å². The second-order valence-electron chi connectivity index (χ2n) is 4.52. The van der Waals surface area contributed by atoms with E-state index in [4.69, 9.17) is 16.3 Å². The number of nitro groups is 1. The molecule has 0 fully saturated rings. The molecule has 0 heterocycles. The summed E-state index contributed by atoms with van der Waals surface area (Å²) in [7, 11) is 1.56. The van der Waals surface area contributed by atoms with Crippen LogP contribution in [-0.4, -0.2) is 17.9 Å². The summed E-state index contributed by atoms with van der Waals surface area (Å²) >= 11 is 5.91. The van der Waals surface area contributed by atoms with Gasteiger partial charge in [-0.3, -0.25) is 14.9 Å². The molecule has 0 aliphatic heterocycles. The van der Waals surface area contributed by atoms with E-state index in [0.29, 0.717) is 11.4 Å². The average Bonchev–Trinajstić information content (AvgIpc) is 2.55. The summed E-state index contributed by atoms with van der Waals surface area (Å²) < 4.78 is 5.10. The van der Waals surface area contributed by atoms with E-state index in [1.165, 1.54) is 24.3 Å². The first-order valence-corrected chi connectivity index (χ1v) is 6.94. The zero-order valence-electron chi connectivity index (χ0n) is 12.2. The molecule has 118 valence electrons. The van der Waals surface area contributed by atoms with Gasteiger partial charge in [0.25, 0.3) is 5.69 Å². The van der Waals surface area contributed by atoms with Gasteiger partial charge in [0.15, 0.2) is 0 Å². The van der Waals surface area contributed by atoms with E-state index in [2.05, 4.69) is 5.32 Å². The van der Waals surface area contributed by atoms with E-state index >= 15 is 0 Å². The quantitative estimate of drug-likeness (QED) is 0.511. The van der Waals surface area contributed by atoms with Crippen molar-refractivity contribution >= 4 is 35.0 Å². The molecule has 2 aromatic rings. The lowest BCUT2D eigenvalue weighted by atomic mass is 10.2. The number of nitro benzene ring substituents is 1. The molecule has 6 nitrogen and oxygen atoms in total. The molecule has 0 saturated carbocycles. The summed E-state index contributed by atoms with van der Waals surface area (Å²) in [5.41, 5.74) is 0.965. The third-order valence-electron chi connectivity index (χ3n) is 2.94.